The van der Waals surface area contributed by atoms with Crippen LogP contribution < -0.4 is 4.90 Å². The van der Waals surface area contributed by atoms with Crippen LogP contribution in [-0.4, -0.2) is 45.9 Å². The average Bonchev–Trinajstić information content (AvgIpc) is 3.36. The van der Waals surface area contributed by atoms with E-state index >= 15 is 0 Å². The quantitative estimate of drug-likeness (QED) is 0.490. The zero-order valence-corrected chi connectivity index (χ0v) is 19.8. The van der Waals surface area contributed by atoms with Gasteiger partial charge in [0.2, 0.25) is 0 Å². The van der Waals surface area contributed by atoms with E-state index in [9.17, 15) is 9.18 Å². The van der Waals surface area contributed by atoms with E-state index in [1.807, 2.05) is 37.3 Å². The number of benzene rings is 2. The van der Waals surface area contributed by atoms with E-state index in [4.69, 9.17) is 9.98 Å². The predicted molar refractivity (Wildman–Crippen MR) is 129 cm³/mol. The summed E-state index contributed by atoms with van der Waals surface area (Å²) in [5.41, 5.74) is 2.56. The van der Waals surface area contributed by atoms with Crippen LogP contribution in [0.25, 0.3) is 11.4 Å². The van der Waals surface area contributed by atoms with E-state index < -0.39 is 0 Å². The predicted octanol–water partition coefficient (Wildman–Crippen LogP) is 5.42. The first-order valence-electron chi connectivity index (χ1n) is 10.3. The summed E-state index contributed by atoms with van der Waals surface area (Å²) in [5, 5.41) is 0. The Kier molecular flexibility index (Phi) is 6.35. The number of nitrogens with zero attached hydrogens (tertiary/aromatic N) is 4. The van der Waals surface area contributed by atoms with Gasteiger partial charge >= 0.3 is 6.03 Å². The molecule has 2 aromatic carbocycles. The number of amidine groups is 1. The van der Waals surface area contributed by atoms with Gasteiger partial charge in [-0.3, -0.25) is 14.8 Å². The fourth-order valence-electron chi connectivity index (χ4n) is 4.12. The second kappa shape index (κ2) is 9.03. The molecule has 5 rings (SSSR count). The highest BCUT2D eigenvalue weighted by atomic mass is 79.9. The first-order chi connectivity index (χ1) is 15.0. The van der Waals surface area contributed by atoms with Gasteiger partial charge in [0.25, 0.3) is 0 Å². The first-order valence-corrected chi connectivity index (χ1v) is 11.1. The smallest absolute Gasteiger partial charge is 0.331 e. The van der Waals surface area contributed by atoms with Gasteiger partial charge in [0.05, 0.1) is 12.6 Å². The lowest BCUT2D eigenvalue weighted by Crippen LogP contribution is -2.50. The van der Waals surface area contributed by atoms with Crippen LogP contribution in [0.5, 0.6) is 0 Å². The third-order valence-electron chi connectivity index (χ3n) is 5.50. The largest absolute Gasteiger partial charge is 0.334 e. The maximum atomic E-state index is 13.6. The molecule has 1 aromatic heterocycles. The molecule has 3 aromatic rings. The number of halogens is 3. The monoisotopic (exact) mass is 517 g/mol. The Morgan fingerprint density at radius 3 is 2.72 bits per heavy atom. The van der Waals surface area contributed by atoms with Gasteiger partial charge in [0, 0.05) is 16.6 Å². The van der Waals surface area contributed by atoms with E-state index in [2.05, 4.69) is 20.9 Å². The molecule has 32 heavy (non-hydrogen) atoms. The summed E-state index contributed by atoms with van der Waals surface area (Å²) >= 11 is 3.46. The number of fused-ring (bicyclic) bond motifs is 3. The number of aromatic nitrogens is 2. The zero-order chi connectivity index (χ0) is 21.5. The van der Waals surface area contributed by atoms with Gasteiger partial charge < -0.3 is 4.98 Å². The number of carbonyl (C=O) groups excluding carboxylic acids is 1. The van der Waals surface area contributed by atoms with Gasteiger partial charge in [-0.25, -0.2) is 14.2 Å². The van der Waals surface area contributed by atoms with Crippen LogP contribution in [0.2, 0.25) is 0 Å². The number of aromatic amines is 1. The minimum Gasteiger partial charge on any atom is -0.334 e. The van der Waals surface area contributed by atoms with Gasteiger partial charge in [0.15, 0.2) is 11.7 Å². The van der Waals surface area contributed by atoms with Gasteiger partial charge in [-0.2, -0.15) is 0 Å². The molecule has 0 bridgehead atoms. The Morgan fingerprint density at radius 2 is 2.00 bits per heavy atom. The zero-order valence-electron chi connectivity index (χ0n) is 17.4. The van der Waals surface area contributed by atoms with Gasteiger partial charge in [0.1, 0.15) is 17.3 Å². The summed E-state index contributed by atoms with van der Waals surface area (Å²) in [5.74, 6) is 1.67. The number of anilines is 1. The highest BCUT2D eigenvalue weighted by Gasteiger charge is 2.42. The number of aliphatic imine (C=N–C) groups is 1. The van der Waals surface area contributed by atoms with Crippen molar-refractivity contribution >= 4 is 46.0 Å². The Balaban J connectivity index is 0.00000245. The number of carbonyl (C=O) groups is 1. The molecular formula is C23H22BrClFN5O. The fourth-order valence-corrected chi connectivity index (χ4v) is 4.38. The Bertz CT molecular complexity index is 1180. The van der Waals surface area contributed by atoms with Crippen molar-refractivity contribution in [3.63, 3.8) is 0 Å². The van der Waals surface area contributed by atoms with Crippen LogP contribution in [-0.2, 0) is 6.42 Å². The number of amides is 2. The van der Waals surface area contributed by atoms with Crippen molar-refractivity contribution in [3.05, 3.63) is 70.1 Å². The number of urea groups is 1. The Hall–Kier alpha value is -2.71. The number of H-pyrrole nitrogens is 1. The number of hydrogen-bond donors (Lipinski definition) is 1. The SMILES string of the molecule is CCCN1C(=O)N2CC(Cc3cccc(F)c3)N=C2c2[nH]c(-c3ccc(Br)cc3)nc21.Cl. The van der Waals surface area contributed by atoms with Crippen molar-refractivity contribution in [1.82, 2.24) is 14.9 Å². The van der Waals surface area contributed by atoms with Gasteiger partial charge in [-0.15, -0.1) is 12.4 Å². The molecular weight excluding hydrogens is 497 g/mol. The van der Waals surface area contributed by atoms with Crippen molar-refractivity contribution in [2.24, 2.45) is 4.99 Å². The third-order valence-corrected chi connectivity index (χ3v) is 6.03. The van der Waals surface area contributed by atoms with Crippen LogP contribution in [0.15, 0.2) is 58.0 Å². The lowest BCUT2D eigenvalue weighted by molar-refractivity contribution is 0.226. The first kappa shape index (κ1) is 22.5. The second-order valence-electron chi connectivity index (χ2n) is 7.78. The standard InChI is InChI=1S/C23H21BrFN5O.ClH/c1-2-10-29-22-19(27-20(28-22)15-6-8-16(24)9-7-15)21-26-18(13-30(21)23(29)31)12-14-4-3-5-17(25)11-14;/h3-9,11,18H,2,10,12-13H2,1H3,(H,27,28);1H. The average molecular weight is 519 g/mol. The molecule has 0 saturated carbocycles. The lowest BCUT2D eigenvalue weighted by atomic mass is 10.1. The molecule has 1 atom stereocenters. The molecule has 0 aliphatic carbocycles. The summed E-state index contributed by atoms with van der Waals surface area (Å²) in [4.78, 5) is 29.7. The summed E-state index contributed by atoms with van der Waals surface area (Å²) in [6.07, 6.45) is 1.39. The Morgan fingerprint density at radius 1 is 1.22 bits per heavy atom. The van der Waals surface area contributed by atoms with Crippen molar-refractivity contribution in [2.45, 2.75) is 25.8 Å². The van der Waals surface area contributed by atoms with Gasteiger partial charge in [-0.1, -0.05) is 47.1 Å². The third kappa shape index (κ3) is 4.04. The highest BCUT2D eigenvalue weighted by molar-refractivity contribution is 9.10. The lowest BCUT2D eigenvalue weighted by Gasteiger charge is -2.32. The van der Waals surface area contributed by atoms with Crippen LogP contribution >= 0.6 is 28.3 Å². The maximum absolute atomic E-state index is 13.6. The molecule has 0 radical (unpaired) electrons. The summed E-state index contributed by atoms with van der Waals surface area (Å²) in [6, 6.07) is 14.2. The molecule has 9 heteroatoms. The molecule has 6 nitrogen and oxygen atoms in total. The van der Waals surface area contributed by atoms with Crippen LogP contribution in [0.1, 0.15) is 24.6 Å². The van der Waals surface area contributed by atoms with Crippen molar-refractivity contribution in [2.75, 3.05) is 18.0 Å². The molecule has 3 heterocycles. The number of hydrogen-bond acceptors (Lipinski definition) is 3. The van der Waals surface area contributed by atoms with E-state index in [1.54, 1.807) is 15.9 Å². The van der Waals surface area contributed by atoms with Crippen molar-refractivity contribution < 1.29 is 9.18 Å². The van der Waals surface area contributed by atoms with E-state index in [-0.39, 0.29) is 30.3 Å². The summed E-state index contributed by atoms with van der Waals surface area (Å²) in [7, 11) is 0. The van der Waals surface area contributed by atoms with Crippen molar-refractivity contribution in [1.29, 1.82) is 0 Å². The minimum absolute atomic E-state index is 0. The van der Waals surface area contributed by atoms with Crippen molar-refractivity contribution in [3.8, 4) is 11.4 Å². The number of nitrogens with one attached hydrogen (secondary N) is 1. The molecule has 0 spiro atoms. The molecule has 1 unspecified atom stereocenters. The normalized spacial score (nSPS) is 17.0. The molecule has 0 saturated heterocycles. The van der Waals surface area contributed by atoms with Gasteiger partial charge in [-0.05, 0) is 42.7 Å². The maximum Gasteiger partial charge on any atom is 0.331 e. The summed E-state index contributed by atoms with van der Waals surface area (Å²) < 4.78 is 14.6. The van der Waals surface area contributed by atoms with Crippen LogP contribution in [0.3, 0.4) is 0 Å². The summed E-state index contributed by atoms with van der Waals surface area (Å²) in [6.45, 7) is 3.08. The topological polar surface area (TPSA) is 64.6 Å². The van der Waals surface area contributed by atoms with E-state index in [0.717, 1.165) is 27.7 Å². The number of rotatable bonds is 5. The molecule has 166 valence electrons. The molecule has 1 N–H and O–H groups in total. The molecule has 2 aliphatic heterocycles. The number of imidazole rings is 1. The molecule has 0 fully saturated rings. The molecule has 2 aliphatic rings. The fraction of sp³-hybridized carbons (Fsp3) is 0.261. The second-order valence-corrected chi connectivity index (χ2v) is 8.69. The van der Waals surface area contributed by atoms with E-state index in [1.165, 1.54) is 12.1 Å². The van der Waals surface area contributed by atoms with Crippen LogP contribution in [0.4, 0.5) is 15.0 Å². The highest BCUT2D eigenvalue weighted by Crippen LogP contribution is 2.34. The van der Waals surface area contributed by atoms with E-state index in [0.29, 0.717) is 37.0 Å². The molecule has 2 amide bonds. The Labute approximate surface area is 200 Å². The van der Waals surface area contributed by atoms with Crippen LogP contribution in [0, 0.1) is 5.82 Å². The minimum atomic E-state index is -0.263.